The van der Waals surface area contributed by atoms with Gasteiger partial charge in [0.1, 0.15) is 6.04 Å². The Bertz CT molecular complexity index is 641. The third-order valence-electron chi connectivity index (χ3n) is 2.44. The molecule has 0 heterocycles. The van der Waals surface area contributed by atoms with E-state index >= 15 is 0 Å². The van der Waals surface area contributed by atoms with Gasteiger partial charge in [-0.25, -0.2) is 8.42 Å². The second-order valence-corrected chi connectivity index (χ2v) is 5.58. The third kappa shape index (κ3) is 3.50. The molecule has 3 N–H and O–H groups in total. The summed E-state index contributed by atoms with van der Waals surface area (Å²) in [6.07, 6.45) is 0. The molecule has 0 fully saturated rings. The number of nitro benzene ring substituents is 1. The average Bonchev–Trinajstić information content (AvgIpc) is 2.35. The minimum Gasteiger partial charge on any atom is -0.480 e. The van der Waals surface area contributed by atoms with Crippen molar-refractivity contribution in [3.05, 3.63) is 33.9 Å². The highest BCUT2D eigenvalue weighted by Crippen LogP contribution is 2.21. The van der Waals surface area contributed by atoms with E-state index in [0.717, 1.165) is 18.2 Å². The van der Waals surface area contributed by atoms with Crippen molar-refractivity contribution in [3.63, 3.8) is 0 Å². The van der Waals surface area contributed by atoms with Crippen molar-refractivity contribution >= 4 is 21.7 Å². The molecule has 0 aromatic heterocycles. The molecule has 0 aliphatic rings. The molecule has 0 amide bonds. The van der Waals surface area contributed by atoms with Crippen LogP contribution in [0.5, 0.6) is 0 Å². The zero-order chi connectivity index (χ0) is 15.5. The van der Waals surface area contributed by atoms with E-state index in [1.165, 1.54) is 6.92 Å². The monoisotopic (exact) mass is 304 g/mol. The molecule has 1 rings (SSSR count). The van der Waals surface area contributed by atoms with Crippen LogP contribution in [-0.4, -0.2) is 42.2 Å². The summed E-state index contributed by atoms with van der Waals surface area (Å²) in [7, 11) is -4.20. The van der Waals surface area contributed by atoms with Crippen LogP contribution in [-0.2, 0) is 14.8 Å². The number of aliphatic hydroxyl groups is 1. The number of hydrogen-bond donors (Lipinski definition) is 3. The maximum absolute atomic E-state index is 12.0. The summed E-state index contributed by atoms with van der Waals surface area (Å²) in [6.45, 7) is 0.427. The second kappa shape index (κ2) is 5.94. The SMILES string of the molecule is Cc1cc([N+](=O)[O-])ccc1S(=O)(=O)N[C@@H](CO)C(=O)O. The first-order valence-electron chi connectivity index (χ1n) is 5.30. The molecule has 20 heavy (non-hydrogen) atoms. The molecule has 1 aromatic rings. The lowest BCUT2D eigenvalue weighted by molar-refractivity contribution is -0.385. The molecule has 110 valence electrons. The topological polar surface area (TPSA) is 147 Å². The molecule has 0 saturated carbocycles. The highest BCUT2D eigenvalue weighted by molar-refractivity contribution is 7.89. The van der Waals surface area contributed by atoms with Crippen molar-refractivity contribution in [1.29, 1.82) is 0 Å². The Balaban J connectivity index is 3.16. The Morgan fingerprint density at radius 3 is 2.50 bits per heavy atom. The zero-order valence-corrected chi connectivity index (χ0v) is 11.1. The lowest BCUT2D eigenvalue weighted by Crippen LogP contribution is -2.43. The molecular formula is C10H12N2O7S. The molecule has 0 bridgehead atoms. The largest absolute Gasteiger partial charge is 0.480 e. The molecule has 0 spiro atoms. The summed E-state index contributed by atoms with van der Waals surface area (Å²) in [5.74, 6) is -1.53. The van der Waals surface area contributed by atoms with E-state index in [-0.39, 0.29) is 16.1 Å². The van der Waals surface area contributed by atoms with Gasteiger partial charge in [0.15, 0.2) is 0 Å². The number of nitro groups is 1. The first-order chi connectivity index (χ1) is 9.19. The molecule has 10 heteroatoms. The van der Waals surface area contributed by atoms with Crippen LogP contribution in [0.15, 0.2) is 23.1 Å². The van der Waals surface area contributed by atoms with Crippen LogP contribution in [0.2, 0.25) is 0 Å². The standard InChI is InChI=1S/C10H12N2O7S/c1-6-4-7(12(16)17)2-3-9(6)20(18,19)11-8(5-13)10(14)15/h2-4,8,11,13H,5H2,1H3,(H,14,15)/t8-/m0/s1. The van der Waals surface area contributed by atoms with Crippen molar-refractivity contribution in [1.82, 2.24) is 4.72 Å². The van der Waals surface area contributed by atoms with Gasteiger partial charge in [-0.15, -0.1) is 0 Å². The number of nitrogens with one attached hydrogen (secondary N) is 1. The summed E-state index contributed by atoms with van der Waals surface area (Å²) >= 11 is 0. The molecule has 0 aliphatic carbocycles. The molecule has 1 aromatic carbocycles. The number of carboxylic acid groups (broad SMARTS) is 1. The van der Waals surface area contributed by atoms with Gasteiger partial charge in [-0.2, -0.15) is 4.72 Å². The molecule has 0 unspecified atom stereocenters. The maximum atomic E-state index is 12.0. The number of aryl methyl sites for hydroxylation is 1. The first kappa shape index (κ1) is 16.0. The van der Waals surface area contributed by atoms with Crippen LogP contribution in [0.25, 0.3) is 0 Å². The van der Waals surface area contributed by atoms with Gasteiger partial charge in [-0.1, -0.05) is 0 Å². The number of rotatable bonds is 6. The molecule has 0 saturated heterocycles. The number of nitrogens with zero attached hydrogens (tertiary/aromatic N) is 1. The van der Waals surface area contributed by atoms with E-state index in [2.05, 4.69) is 0 Å². The maximum Gasteiger partial charge on any atom is 0.324 e. The number of non-ortho nitro benzene ring substituents is 1. The Morgan fingerprint density at radius 1 is 1.50 bits per heavy atom. The summed E-state index contributed by atoms with van der Waals surface area (Å²) in [5, 5.41) is 28.0. The summed E-state index contributed by atoms with van der Waals surface area (Å²) < 4.78 is 25.7. The number of carbonyl (C=O) groups is 1. The number of aliphatic hydroxyl groups excluding tert-OH is 1. The molecular weight excluding hydrogens is 292 g/mol. The highest BCUT2D eigenvalue weighted by Gasteiger charge is 2.26. The van der Waals surface area contributed by atoms with Gasteiger partial charge in [-0.05, 0) is 18.6 Å². The van der Waals surface area contributed by atoms with Gasteiger partial charge in [-0.3, -0.25) is 14.9 Å². The molecule has 0 aliphatic heterocycles. The van der Waals surface area contributed by atoms with Gasteiger partial charge in [0, 0.05) is 12.1 Å². The predicted molar refractivity (Wildman–Crippen MR) is 66.7 cm³/mol. The van der Waals surface area contributed by atoms with E-state index < -0.39 is 33.6 Å². The average molecular weight is 304 g/mol. The van der Waals surface area contributed by atoms with E-state index in [9.17, 15) is 23.3 Å². The minimum atomic E-state index is -4.20. The van der Waals surface area contributed by atoms with Gasteiger partial charge in [0.25, 0.3) is 5.69 Å². The van der Waals surface area contributed by atoms with Gasteiger partial charge < -0.3 is 10.2 Å². The Labute approximate surface area is 114 Å². The fourth-order valence-corrected chi connectivity index (χ4v) is 2.87. The van der Waals surface area contributed by atoms with E-state index in [0.29, 0.717) is 0 Å². The van der Waals surface area contributed by atoms with Crippen LogP contribution in [0.1, 0.15) is 5.56 Å². The van der Waals surface area contributed by atoms with Gasteiger partial charge in [0.2, 0.25) is 10.0 Å². The van der Waals surface area contributed by atoms with E-state index in [4.69, 9.17) is 10.2 Å². The van der Waals surface area contributed by atoms with Crippen molar-refractivity contribution in [2.45, 2.75) is 17.9 Å². The van der Waals surface area contributed by atoms with Crippen LogP contribution in [0.3, 0.4) is 0 Å². The van der Waals surface area contributed by atoms with E-state index in [1.54, 1.807) is 4.72 Å². The Hall–Kier alpha value is -2.04. The van der Waals surface area contributed by atoms with Crippen LogP contribution >= 0.6 is 0 Å². The van der Waals surface area contributed by atoms with Crippen molar-refractivity contribution in [3.8, 4) is 0 Å². The normalized spacial score (nSPS) is 12.9. The van der Waals surface area contributed by atoms with Crippen molar-refractivity contribution in [2.24, 2.45) is 0 Å². The van der Waals surface area contributed by atoms with Crippen LogP contribution in [0, 0.1) is 17.0 Å². The number of benzene rings is 1. The number of hydrogen-bond acceptors (Lipinski definition) is 6. The lowest BCUT2D eigenvalue weighted by atomic mass is 10.2. The Morgan fingerprint density at radius 2 is 2.10 bits per heavy atom. The van der Waals surface area contributed by atoms with Gasteiger partial charge in [0.05, 0.1) is 16.4 Å². The minimum absolute atomic E-state index is 0.0915. The number of carboxylic acids is 1. The predicted octanol–water partition coefficient (Wildman–Crippen LogP) is -0.373. The third-order valence-corrected chi connectivity index (χ3v) is 4.07. The van der Waals surface area contributed by atoms with Crippen LogP contribution < -0.4 is 4.72 Å². The zero-order valence-electron chi connectivity index (χ0n) is 10.3. The van der Waals surface area contributed by atoms with E-state index in [1.807, 2.05) is 0 Å². The smallest absolute Gasteiger partial charge is 0.324 e. The number of aliphatic carboxylic acids is 1. The fraction of sp³-hybridized carbons (Fsp3) is 0.300. The second-order valence-electron chi connectivity index (χ2n) is 3.90. The van der Waals surface area contributed by atoms with Crippen LogP contribution in [0.4, 0.5) is 5.69 Å². The Kier molecular flexibility index (Phi) is 4.76. The lowest BCUT2D eigenvalue weighted by Gasteiger charge is -2.13. The summed E-state index contributed by atoms with van der Waals surface area (Å²) in [5.41, 5.74) is -0.188. The highest BCUT2D eigenvalue weighted by atomic mass is 32.2. The first-order valence-corrected chi connectivity index (χ1v) is 6.78. The molecule has 0 radical (unpaired) electrons. The number of sulfonamides is 1. The van der Waals surface area contributed by atoms with Crippen molar-refractivity contribution < 1.29 is 28.3 Å². The fourth-order valence-electron chi connectivity index (χ4n) is 1.47. The molecule has 1 atom stereocenters. The quantitative estimate of drug-likeness (QED) is 0.479. The van der Waals surface area contributed by atoms with Gasteiger partial charge >= 0.3 is 5.97 Å². The van der Waals surface area contributed by atoms with Crippen molar-refractivity contribution in [2.75, 3.05) is 6.61 Å². The molecule has 9 nitrogen and oxygen atoms in total. The summed E-state index contributed by atoms with van der Waals surface area (Å²) in [6, 6.07) is 1.38. The summed E-state index contributed by atoms with van der Waals surface area (Å²) in [4.78, 5) is 20.3.